The Labute approximate surface area is 123 Å². The van der Waals surface area contributed by atoms with Crippen LogP contribution in [-0.4, -0.2) is 25.7 Å². The van der Waals surface area contributed by atoms with Crippen LogP contribution in [-0.2, 0) is 15.8 Å². The van der Waals surface area contributed by atoms with Gasteiger partial charge in [-0.2, -0.15) is 0 Å². The maximum Gasteiger partial charge on any atom is 0.217 e. The minimum atomic E-state index is -3.45. The molecule has 6 nitrogen and oxygen atoms in total. The van der Waals surface area contributed by atoms with Crippen molar-refractivity contribution in [2.75, 3.05) is 0 Å². The number of rotatable bonds is 4. The van der Waals surface area contributed by atoms with Crippen molar-refractivity contribution in [3.63, 3.8) is 0 Å². The van der Waals surface area contributed by atoms with Crippen LogP contribution in [0.15, 0.2) is 28.8 Å². The predicted molar refractivity (Wildman–Crippen MR) is 80.0 cm³/mol. The minimum Gasteiger partial charge on any atom is -0.356 e. The molecule has 1 saturated carbocycles. The first-order valence-electron chi connectivity index (χ1n) is 7.12. The van der Waals surface area contributed by atoms with Crippen LogP contribution in [0.25, 0.3) is 11.0 Å². The zero-order chi connectivity index (χ0) is 14.9. The monoisotopic (exact) mass is 309 g/mol. The van der Waals surface area contributed by atoms with Crippen LogP contribution in [0.5, 0.6) is 0 Å². The maximum atomic E-state index is 12.3. The number of para-hydroxylation sites is 1. The van der Waals surface area contributed by atoms with E-state index < -0.39 is 10.0 Å². The molecule has 2 unspecified atom stereocenters. The van der Waals surface area contributed by atoms with Gasteiger partial charge in [0, 0.05) is 17.5 Å². The van der Waals surface area contributed by atoms with Gasteiger partial charge < -0.3 is 10.3 Å². The summed E-state index contributed by atoms with van der Waals surface area (Å²) in [4.78, 5) is 0. The van der Waals surface area contributed by atoms with Crippen LogP contribution in [0.2, 0.25) is 0 Å². The van der Waals surface area contributed by atoms with Crippen molar-refractivity contribution in [1.29, 1.82) is 0 Å². The zero-order valence-corrected chi connectivity index (χ0v) is 12.5. The van der Waals surface area contributed by atoms with E-state index in [0.717, 1.165) is 24.6 Å². The first-order valence-corrected chi connectivity index (χ1v) is 8.77. The van der Waals surface area contributed by atoms with Crippen molar-refractivity contribution in [3.8, 4) is 0 Å². The second kappa shape index (κ2) is 5.75. The summed E-state index contributed by atoms with van der Waals surface area (Å²) in [7, 11) is -3.45. The van der Waals surface area contributed by atoms with Gasteiger partial charge in [-0.1, -0.05) is 23.7 Å². The largest absolute Gasteiger partial charge is 0.356 e. The molecule has 0 aliphatic heterocycles. The van der Waals surface area contributed by atoms with Gasteiger partial charge >= 0.3 is 0 Å². The number of aromatic nitrogens is 1. The van der Waals surface area contributed by atoms with Gasteiger partial charge in [-0.3, -0.25) is 0 Å². The second-order valence-electron chi connectivity index (χ2n) is 5.63. The molecule has 1 aromatic heterocycles. The number of nitrogens with two attached hydrogens (primary N) is 1. The lowest BCUT2D eigenvalue weighted by atomic mass is 9.92. The number of nitrogens with one attached hydrogen (secondary N) is 1. The van der Waals surface area contributed by atoms with E-state index in [-0.39, 0.29) is 17.8 Å². The molecule has 1 aliphatic carbocycles. The molecule has 2 atom stereocenters. The van der Waals surface area contributed by atoms with Crippen LogP contribution < -0.4 is 10.5 Å². The van der Waals surface area contributed by atoms with Gasteiger partial charge in [0.25, 0.3) is 0 Å². The van der Waals surface area contributed by atoms with Gasteiger partial charge in [-0.25, -0.2) is 13.1 Å². The number of nitrogens with zero attached hydrogens (tertiary/aromatic N) is 1. The molecule has 7 heteroatoms. The molecule has 3 rings (SSSR count). The first-order chi connectivity index (χ1) is 10.0. The van der Waals surface area contributed by atoms with Crippen LogP contribution in [0, 0.1) is 0 Å². The molecular formula is C14H19N3O3S. The molecule has 1 aliphatic rings. The molecule has 114 valence electrons. The number of hydrogen-bond acceptors (Lipinski definition) is 5. The Bertz CT molecular complexity index is 726. The molecule has 1 heterocycles. The third-order valence-corrected chi connectivity index (χ3v) is 5.19. The molecule has 1 aromatic carbocycles. The van der Waals surface area contributed by atoms with Crippen LogP contribution in [0.1, 0.15) is 31.4 Å². The molecule has 0 saturated heterocycles. The Morgan fingerprint density at radius 2 is 2.14 bits per heavy atom. The molecule has 3 N–H and O–H groups in total. The molecule has 0 radical (unpaired) electrons. The first kappa shape index (κ1) is 14.5. The second-order valence-corrected chi connectivity index (χ2v) is 7.38. The van der Waals surface area contributed by atoms with Crippen LogP contribution in [0.4, 0.5) is 0 Å². The van der Waals surface area contributed by atoms with Gasteiger partial charge in [0.2, 0.25) is 10.0 Å². The lowest BCUT2D eigenvalue weighted by molar-refractivity contribution is 0.370. The van der Waals surface area contributed by atoms with Crippen LogP contribution in [0.3, 0.4) is 0 Å². The van der Waals surface area contributed by atoms with Crippen LogP contribution >= 0.6 is 0 Å². The Morgan fingerprint density at radius 3 is 2.95 bits per heavy atom. The highest BCUT2D eigenvalue weighted by Gasteiger charge is 2.25. The van der Waals surface area contributed by atoms with Crippen molar-refractivity contribution in [3.05, 3.63) is 30.0 Å². The summed E-state index contributed by atoms with van der Waals surface area (Å²) in [6.45, 7) is 0. The van der Waals surface area contributed by atoms with Crippen molar-refractivity contribution < 1.29 is 12.9 Å². The van der Waals surface area contributed by atoms with E-state index in [1.165, 1.54) is 0 Å². The molecule has 2 aromatic rings. The molecule has 0 bridgehead atoms. The SMILES string of the molecule is NC1CCCC(NS(=O)(=O)Cc2noc3ccccc23)C1. The lowest BCUT2D eigenvalue weighted by Gasteiger charge is -2.26. The zero-order valence-electron chi connectivity index (χ0n) is 11.7. The summed E-state index contributed by atoms with van der Waals surface area (Å²) in [5.41, 5.74) is 6.93. The normalized spacial score (nSPS) is 23.5. The van der Waals surface area contributed by atoms with E-state index >= 15 is 0 Å². The number of fused-ring (bicyclic) bond motifs is 1. The van der Waals surface area contributed by atoms with E-state index in [4.69, 9.17) is 10.3 Å². The van der Waals surface area contributed by atoms with Crippen molar-refractivity contribution in [2.45, 2.75) is 43.5 Å². The van der Waals surface area contributed by atoms with Gasteiger partial charge in [-0.15, -0.1) is 0 Å². The van der Waals surface area contributed by atoms with Gasteiger partial charge in [0.15, 0.2) is 5.58 Å². The van der Waals surface area contributed by atoms with Gasteiger partial charge in [-0.05, 0) is 31.4 Å². The molecular weight excluding hydrogens is 290 g/mol. The smallest absolute Gasteiger partial charge is 0.217 e. The predicted octanol–water partition coefficient (Wildman–Crippen LogP) is 1.52. The van der Waals surface area contributed by atoms with E-state index in [0.29, 0.717) is 17.7 Å². The van der Waals surface area contributed by atoms with Crippen molar-refractivity contribution in [1.82, 2.24) is 9.88 Å². The van der Waals surface area contributed by atoms with E-state index in [2.05, 4.69) is 9.88 Å². The standard InChI is InChI=1S/C14H19N3O3S/c15-10-4-3-5-11(8-10)17-21(18,19)9-13-12-6-1-2-7-14(12)20-16-13/h1-2,6-7,10-11,17H,3-5,8-9,15H2. The average molecular weight is 309 g/mol. The summed E-state index contributed by atoms with van der Waals surface area (Å²) in [6, 6.07) is 7.26. The van der Waals surface area contributed by atoms with Gasteiger partial charge in [0.1, 0.15) is 11.4 Å². The summed E-state index contributed by atoms with van der Waals surface area (Å²) in [6.07, 6.45) is 3.46. The summed E-state index contributed by atoms with van der Waals surface area (Å²) >= 11 is 0. The fourth-order valence-corrected chi connectivity index (χ4v) is 4.23. The summed E-state index contributed by atoms with van der Waals surface area (Å²) in [5.74, 6) is -0.171. The van der Waals surface area contributed by atoms with Gasteiger partial charge in [0.05, 0.1) is 0 Å². The minimum absolute atomic E-state index is 0.0723. The van der Waals surface area contributed by atoms with Crippen molar-refractivity contribution >= 4 is 21.0 Å². The average Bonchev–Trinajstić information content (AvgIpc) is 2.81. The number of benzene rings is 1. The number of hydrogen-bond donors (Lipinski definition) is 2. The third-order valence-electron chi connectivity index (χ3n) is 3.84. The molecule has 1 fully saturated rings. The number of sulfonamides is 1. The third kappa shape index (κ3) is 3.42. The van der Waals surface area contributed by atoms with Crippen molar-refractivity contribution in [2.24, 2.45) is 5.73 Å². The molecule has 0 spiro atoms. The maximum absolute atomic E-state index is 12.3. The summed E-state index contributed by atoms with van der Waals surface area (Å²) in [5, 5.41) is 4.61. The Hall–Kier alpha value is -1.44. The fraction of sp³-hybridized carbons (Fsp3) is 0.500. The highest BCUT2D eigenvalue weighted by atomic mass is 32.2. The topological polar surface area (TPSA) is 98.2 Å². The Balaban J connectivity index is 1.73. The quantitative estimate of drug-likeness (QED) is 0.892. The molecule has 21 heavy (non-hydrogen) atoms. The fourth-order valence-electron chi connectivity index (χ4n) is 2.85. The van der Waals surface area contributed by atoms with E-state index in [9.17, 15) is 8.42 Å². The van der Waals surface area contributed by atoms with E-state index in [1.54, 1.807) is 6.07 Å². The highest BCUT2D eigenvalue weighted by Crippen LogP contribution is 2.21. The highest BCUT2D eigenvalue weighted by molar-refractivity contribution is 7.88. The molecule has 0 amide bonds. The Morgan fingerprint density at radius 1 is 1.33 bits per heavy atom. The summed E-state index contributed by atoms with van der Waals surface area (Å²) < 4.78 is 32.4. The lowest BCUT2D eigenvalue weighted by Crippen LogP contribution is -2.42. The van der Waals surface area contributed by atoms with E-state index in [1.807, 2.05) is 18.2 Å². The Kier molecular flexibility index (Phi) is 3.97.